The van der Waals surface area contributed by atoms with Gasteiger partial charge in [0, 0.05) is 0 Å². The standard InChI is InChI=1S/C18H16N2O5/c1-3-24-13-8-5-12(6-9-13)20-17(22)15(16(21)19-18(20)23)10-14-7-4-11(2)25-14/h4-10H,3H2,1-2H3,(H,19,21,23). The molecule has 1 aliphatic heterocycles. The molecule has 25 heavy (non-hydrogen) atoms. The van der Waals surface area contributed by atoms with Crippen LogP contribution in [0.25, 0.3) is 6.08 Å². The van der Waals surface area contributed by atoms with Gasteiger partial charge in [-0.05, 0) is 56.3 Å². The SMILES string of the molecule is CCOc1ccc(N2C(=O)NC(=O)C(=Cc3ccc(C)o3)C2=O)cc1. The van der Waals surface area contributed by atoms with Crippen molar-refractivity contribution in [2.24, 2.45) is 0 Å². The molecule has 0 unspecified atom stereocenters. The van der Waals surface area contributed by atoms with E-state index in [0.717, 1.165) is 4.90 Å². The van der Waals surface area contributed by atoms with Crippen molar-refractivity contribution in [1.29, 1.82) is 0 Å². The summed E-state index contributed by atoms with van der Waals surface area (Å²) in [5.74, 6) is 0.152. The lowest BCUT2D eigenvalue weighted by Crippen LogP contribution is -2.54. The first kappa shape index (κ1) is 16.5. The topological polar surface area (TPSA) is 88.8 Å². The quantitative estimate of drug-likeness (QED) is 0.683. The van der Waals surface area contributed by atoms with Crippen LogP contribution in [-0.4, -0.2) is 24.5 Å². The summed E-state index contributed by atoms with van der Waals surface area (Å²) in [6.45, 7) is 4.11. The summed E-state index contributed by atoms with van der Waals surface area (Å²) < 4.78 is 10.7. The summed E-state index contributed by atoms with van der Waals surface area (Å²) in [5, 5.41) is 2.16. The van der Waals surface area contributed by atoms with Crippen molar-refractivity contribution in [1.82, 2.24) is 5.32 Å². The van der Waals surface area contributed by atoms with Gasteiger partial charge < -0.3 is 9.15 Å². The molecule has 1 aromatic carbocycles. The molecule has 2 heterocycles. The third-order valence-corrected chi connectivity index (χ3v) is 3.56. The van der Waals surface area contributed by atoms with Crippen LogP contribution in [0.15, 0.2) is 46.4 Å². The van der Waals surface area contributed by atoms with Gasteiger partial charge in [-0.15, -0.1) is 0 Å². The lowest BCUT2D eigenvalue weighted by Gasteiger charge is -2.26. The van der Waals surface area contributed by atoms with Gasteiger partial charge in [0.1, 0.15) is 22.8 Å². The number of barbiturate groups is 1. The summed E-state index contributed by atoms with van der Waals surface area (Å²) in [6.07, 6.45) is 1.32. The zero-order valence-corrected chi connectivity index (χ0v) is 13.7. The Morgan fingerprint density at radius 1 is 1.12 bits per heavy atom. The smallest absolute Gasteiger partial charge is 0.335 e. The fourth-order valence-electron chi connectivity index (χ4n) is 2.42. The molecule has 0 atom stereocenters. The number of aryl methyl sites for hydroxylation is 1. The number of urea groups is 1. The van der Waals surface area contributed by atoms with Gasteiger partial charge in [-0.3, -0.25) is 14.9 Å². The van der Waals surface area contributed by atoms with Gasteiger partial charge >= 0.3 is 6.03 Å². The molecule has 3 rings (SSSR count). The van der Waals surface area contributed by atoms with E-state index in [2.05, 4.69) is 5.32 Å². The van der Waals surface area contributed by atoms with Crippen molar-refractivity contribution >= 4 is 29.6 Å². The maximum absolute atomic E-state index is 12.7. The van der Waals surface area contributed by atoms with Crippen LogP contribution in [0, 0.1) is 6.92 Å². The average Bonchev–Trinajstić information content (AvgIpc) is 2.98. The highest BCUT2D eigenvalue weighted by atomic mass is 16.5. The van der Waals surface area contributed by atoms with Crippen molar-refractivity contribution in [3.63, 3.8) is 0 Å². The van der Waals surface area contributed by atoms with Gasteiger partial charge in [-0.25, -0.2) is 9.69 Å². The predicted molar refractivity (Wildman–Crippen MR) is 90.1 cm³/mol. The summed E-state index contributed by atoms with van der Waals surface area (Å²) in [7, 11) is 0. The second kappa shape index (κ2) is 6.64. The number of imide groups is 2. The van der Waals surface area contributed by atoms with Gasteiger partial charge in [0.2, 0.25) is 0 Å². The first-order valence-electron chi connectivity index (χ1n) is 7.70. The van der Waals surface area contributed by atoms with Crippen LogP contribution in [0.1, 0.15) is 18.4 Å². The van der Waals surface area contributed by atoms with E-state index in [-0.39, 0.29) is 5.57 Å². The first-order valence-corrected chi connectivity index (χ1v) is 7.70. The maximum Gasteiger partial charge on any atom is 0.335 e. The monoisotopic (exact) mass is 340 g/mol. The predicted octanol–water partition coefficient (Wildman–Crippen LogP) is 2.65. The molecule has 0 saturated carbocycles. The minimum absolute atomic E-state index is 0.178. The van der Waals surface area contributed by atoms with Crippen molar-refractivity contribution < 1.29 is 23.5 Å². The Labute approximate surface area is 143 Å². The summed E-state index contributed by atoms with van der Waals surface area (Å²) in [4.78, 5) is 37.7. The molecule has 128 valence electrons. The minimum atomic E-state index is -0.799. The molecule has 1 aromatic heterocycles. The third kappa shape index (κ3) is 3.30. The number of rotatable bonds is 4. The Kier molecular flexibility index (Phi) is 4.38. The first-order chi connectivity index (χ1) is 12.0. The zero-order chi connectivity index (χ0) is 18.0. The van der Waals surface area contributed by atoms with E-state index >= 15 is 0 Å². The largest absolute Gasteiger partial charge is 0.494 e. The van der Waals surface area contributed by atoms with Crippen LogP contribution in [0.5, 0.6) is 5.75 Å². The number of anilines is 1. The van der Waals surface area contributed by atoms with Crippen LogP contribution < -0.4 is 15.0 Å². The molecule has 7 nitrogen and oxygen atoms in total. The van der Waals surface area contributed by atoms with Crippen LogP contribution >= 0.6 is 0 Å². The molecule has 0 spiro atoms. The van der Waals surface area contributed by atoms with Gasteiger partial charge in [0.25, 0.3) is 11.8 Å². The zero-order valence-electron chi connectivity index (χ0n) is 13.7. The highest BCUT2D eigenvalue weighted by molar-refractivity contribution is 6.39. The number of carbonyl (C=O) groups excluding carboxylic acids is 3. The molecule has 2 aromatic rings. The fraction of sp³-hybridized carbons (Fsp3) is 0.167. The number of furan rings is 1. The van der Waals surface area contributed by atoms with Gasteiger partial charge in [0.15, 0.2) is 0 Å². The second-order valence-corrected chi connectivity index (χ2v) is 5.33. The molecule has 1 saturated heterocycles. The summed E-state index contributed by atoms with van der Waals surface area (Å²) in [6, 6.07) is 9.00. The molecule has 1 aliphatic rings. The Morgan fingerprint density at radius 2 is 1.84 bits per heavy atom. The van der Waals surface area contributed by atoms with Crippen LogP contribution in [0.2, 0.25) is 0 Å². The van der Waals surface area contributed by atoms with Gasteiger partial charge in [-0.1, -0.05) is 0 Å². The van der Waals surface area contributed by atoms with E-state index < -0.39 is 17.8 Å². The number of nitrogens with one attached hydrogen (secondary N) is 1. The number of amides is 4. The van der Waals surface area contributed by atoms with Crippen LogP contribution in [0.3, 0.4) is 0 Å². The lowest BCUT2D eigenvalue weighted by molar-refractivity contribution is -0.122. The molecular formula is C18H16N2O5. The Bertz CT molecular complexity index is 864. The van der Waals surface area contributed by atoms with E-state index in [1.165, 1.54) is 6.08 Å². The highest BCUT2D eigenvalue weighted by Crippen LogP contribution is 2.24. The Balaban J connectivity index is 1.93. The molecule has 7 heteroatoms. The van der Waals surface area contributed by atoms with Crippen LogP contribution in [0.4, 0.5) is 10.5 Å². The lowest BCUT2D eigenvalue weighted by atomic mass is 10.1. The molecule has 0 bridgehead atoms. The summed E-state index contributed by atoms with van der Waals surface area (Å²) >= 11 is 0. The highest BCUT2D eigenvalue weighted by Gasteiger charge is 2.37. The third-order valence-electron chi connectivity index (χ3n) is 3.56. The normalized spacial score (nSPS) is 16.3. The van der Waals surface area contributed by atoms with Crippen molar-refractivity contribution in [3.8, 4) is 5.75 Å². The van der Waals surface area contributed by atoms with E-state index in [1.807, 2.05) is 6.92 Å². The van der Waals surface area contributed by atoms with Crippen molar-refractivity contribution in [3.05, 3.63) is 53.5 Å². The number of hydrogen-bond donors (Lipinski definition) is 1. The van der Waals surface area contributed by atoms with Crippen molar-refractivity contribution in [2.75, 3.05) is 11.5 Å². The van der Waals surface area contributed by atoms with E-state index in [0.29, 0.717) is 29.6 Å². The molecule has 1 fully saturated rings. The molecule has 0 aliphatic carbocycles. The summed E-state index contributed by atoms with van der Waals surface area (Å²) in [5.41, 5.74) is 0.155. The minimum Gasteiger partial charge on any atom is -0.494 e. The van der Waals surface area contributed by atoms with E-state index in [4.69, 9.17) is 9.15 Å². The molecule has 0 radical (unpaired) electrons. The molecule has 4 amide bonds. The van der Waals surface area contributed by atoms with Gasteiger partial charge in [0.05, 0.1) is 12.3 Å². The maximum atomic E-state index is 12.7. The fourth-order valence-corrected chi connectivity index (χ4v) is 2.42. The number of ether oxygens (including phenoxy) is 1. The molecule has 1 N–H and O–H groups in total. The van der Waals surface area contributed by atoms with Crippen molar-refractivity contribution in [2.45, 2.75) is 13.8 Å². The second-order valence-electron chi connectivity index (χ2n) is 5.33. The van der Waals surface area contributed by atoms with E-state index in [9.17, 15) is 14.4 Å². The molecular weight excluding hydrogens is 324 g/mol. The van der Waals surface area contributed by atoms with E-state index in [1.54, 1.807) is 43.3 Å². The Morgan fingerprint density at radius 3 is 2.44 bits per heavy atom. The van der Waals surface area contributed by atoms with Crippen LogP contribution in [-0.2, 0) is 9.59 Å². The Hall–Kier alpha value is -3.35. The number of hydrogen-bond acceptors (Lipinski definition) is 5. The number of carbonyl (C=O) groups is 3. The number of benzene rings is 1. The van der Waals surface area contributed by atoms with Gasteiger partial charge in [-0.2, -0.15) is 0 Å². The average molecular weight is 340 g/mol. The number of nitrogens with zero attached hydrogens (tertiary/aromatic N) is 1.